The van der Waals surface area contributed by atoms with E-state index in [9.17, 15) is 0 Å². The number of anilines is 2. The first-order valence-corrected chi connectivity index (χ1v) is 6.50. The van der Waals surface area contributed by atoms with Crippen LogP contribution in [0, 0.1) is 0 Å². The Bertz CT molecular complexity index is 424. The molecule has 17 heavy (non-hydrogen) atoms. The van der Waals surface area contributed by atoms with Gasteiger partial charge in [-0.05, 0) is 45.2 Å². The lowest BCUT2D eigenvalue weighted by atomic mass is 9.75. The molecule has 1 aliphatic heterocycles. The predicted molar refractivity (Wildman–Crippen MR) is 70.9 cm³/mol. The summed E-state index contributed by atoms with van der Waals surface area (Å²) in [5.41, 5.74) is 2.62. The van der Waals surface area contributed by atoms with Crippen LogP contribution in [0.25, 0.3) is 0 Å². The Labute approximate surface area is 103 Å². The average Bonchev–Trinajstić information content (AvgIpc) is 2.26. The summed E-state index contributed by atoms with van der Waals surface area (Å²) in [5, 5.41) is 7.22. The minimum absolute atomic E-state index is 0.211. The van der Waals surface area contributed by atoms with Gasteiger partial charge in [-0.1, -0.05) is 6.07 Å². The van der Waals surface area contributed by atoms with Crippen molar-refractivity contribution in [3.8, 4) is 5.75 Å². The zero-order chi connectivity index (χ0) is 11.9. The zero-order valence-corrected chi connectivity index (χ0v) is 10.5. The van der Waals surface area contributed by atoms with Crippen molar-refractivity contribution in [2.45, 2.75) is 44.8 Å². The van der Waals surface area contributed by atoms with Crippen molar-refractivity contribution in [1.82, 2.24) is 0 Å². The second kappa shape index (κ2) is 3.83. The molecule has 0 amide bonds. The summed E-state index contributed by atoms with van der Waals surface area (Å²) in [6.07, 6.45) is 4.10. The molecule has 2 N–H and O–H groups in total. The zero-order valence-electron chi connectivity index (χ0n) is 10.5. The molecular weight excluding hydrogens is 212 g/mol. The van der Waals surface area contributed by atoms with Crippen molar-refractivity contribution in [3.63, 3.8) is 0 Å². The Hall–Kier alpha value is -1.38. The second-order valence-corrected chi connectivity index (χ2v) is 5.46. The van der Waals surface area contributed by atoms with Gasteiger partial charge in [-0.15, -0.1) is 0 Å². The summed E-state index contributed by atoms with van der Waals surface area (Å²) in [6, 6.07) is 6.23. The minimum Gasteiger partial charge on any atom is -0.489 e. The molecule has 0 saturated heterocycles. The van der Waals surface area contributed by atoms with Gasteiger partial charge in [-0.2, -0.15) is 0 Å². The molecule has 0 atom stereocenters. The van der Waals surface area contributed by atoms with Crippen LogP contribution in [0.15, 0.2) is 18.2 Å². The number of nitrogens with one attached hydrogen (secondary N) is 2. The van der Waals surface area contributed by atoms with Crippen molar-refractivity contribution < 1.29 is 4.74 Å². The van der Waals surface area contributed by atoms with Crippen LogP contribution in [0.1, 0.15) is 33.1 Å². The maximum Gasteiger partial charge on any atom is 0.144 e. The van der Waals surface area contributed by atoms with E-state index in [1.807, 2.05) is 6.07 Å². The fraction of sp³-hybridized carbons (Fsp3) is 0.571. The first-order chi connectivity index (χ1) is 8.19. The monoisotopic (exact) mass is 232 g/mol. The molecule has 0 radical (unpaired) electrons. The maximum absolute atomic E-state index is 5.83. The van der Waals surface area contributed by atoms with Gasteiger partial charge >= 0.3 is 0 Å². The van der Waals surface area contributed by atoms with Gasteiger partial charge in [-0.25, -0.2) is 0 Å². The maximum atomic E-state index is 5.83. The van der Waals surface area contributed by atoms with E-state index in [1.54, 1.807) is 0 Å². The molecule has 1 fully saturated rings. The quantitative estimate of drug-likeness (QED) is 0.821. The molecule has 2 aliphatic rings. The van der Waals surface area contributed by atoms with Crippen molar-refractivity contribution in [1.29, 1.82) is 0 Å². The normalized spacial score (nSPS) is 20.2. The molecule has 1 aliphatic carbocycles. The fourth-order valence-corrected chi connectivity index (χ4v) is 2.66. The Kier molecular flexibility index (Phi) is 2.42. The molecule has 1 aromatic carbocycles. The lowest BCUT2D eigenvalue weighted by Gasteiger charge is -2.47. The molecular formula is C14H20N2O. The highest BCUT2D eigenvalue weighted by atomic mass is 16.5. The van der Waals surface area contributed by atoms with Crippen molar-refractivity contribution in [3.05, 3.63) is 18.2 Å². The summed E-state index contributed by atoms with van der Waals surface area (Å²) in [4.78, 5) is 0. The summed E-state index contributed by atoms with van der Waals surface area (Å²) in [5.74, 6) is 0.958. The molecule has 3 nitrogen and oxygen atoms in total. The minimum atomic E-state index is 0.211. The Morgan fingerprint density at radius 1 is 1.29 bits per heavy atom. The summed E-state index contributed by atoms with van der Waals surface area (Å²) < 4.78 is 5.83. The van der Waals surface area contributed by atoms with Gasteiger partial charge in [0.25, 0.3) is 0 Å². The first kappa shape index (κ1) is 10.8. The van der Waals surface area contributed by atoms with Gasteiger partial charge in [0.15, 0.2) is 0 Å². The molecule has 1 spiro atoms. The van der Waals surface area contributed by atoms with Crippen LogP contribution < -0.4 is 15.4 Å². The predicted octanol–water partition coefficient (Wildman–Crippen LogP) is 3.23. The molecule has 1 saturated carbocycles. The van der Waals surface area contributed by atoms with Crippen LogP contribution in [0.4, 0.5) is 11.4 Å². The number of para-hydroxylation sites is 1. The third-order valence-corrected chi connectivity index (χ3v) is 3.70. The van der Waals surface area contributed by atoms with E-state index in [4.69, 9.17) is 4.74 Å². The molecule has 0 unspecified atom stereocenters. The lowest BCUT2D eigenvalue weighted by Crippen LogP contribution is -2.52. The van der Waals surface area contributed by atoms with Crippen molar-refractivity contribution in [2.75, 3.05) is 17.2 Å². The van der Waals surface area contributed by atoms with Gasteiger partial charge in [-0.3, -0.25) is 0 Å². The molecule has 3 heteroatoms. The number of fused-ring (bicyclic) bond motifs is 1. The Morgan fingerprint density at radius 2 is 2.12 bits per heavy atom. The molecule has 0 bridgehead atoms. The van der Waals surface area contributed by atoms with Crippen LogP contribution in [0.3, 0.4) is 0 Å². The van der Waals surface area contributed by atoms with Crippen LogP contribution in [0.5, 0.6) is 5.75 Å². The summed E-state index contributed by atoms with van der Waals surface area (Å²) >= 11 is 0. The van der Waals surface area contributed by atoms with E-state index in [0.29, 0.717) is 5.54 Å². The van der Waals surface area contributed by atoms with Gasteiger partial charge in [0, 0.05) is 6.54 Å². The Balaban J connectivity index is 1.88. The smallest absolute Gasteiger partial charge is 0.144 e. The van der Waals surface area contributed by atoms with Crippen LogP contribution in [0.2, 0.25) is 0 Å². The van der Waals surface area contributed by atoms with E-state index in [2.05, 4.69) is 36.6 Å². The number of benzene rings is 1. The standard InChI is InChI=1S/C14H20N2O/c1-10(2)17-12-6-3-5-11-13(12)15-9-14(16-11)7-4-8-14/h3,5-6,10,15-16H,4,7-9H2,1-2H3. The third kappa shape index (κ3) is 1.84. The largest absolute Gasteiger partial charge is 0.489 e. The van der Waals surface area contributed by atoms with Gasteiger partial charge < -0.3 is 15.4 Å². The van der Waals surface area contributed by atoms with Crippen molar-refractivity contribution >= 4 is 11.4 Å². The van der Waals surface area contributed by atoms with Crippen LogP contribution >= 0.6 is 0 Å². The van der Waals surface area contributed by atoms with Gasteiger partial charge in [0.2, 0.25) is 0 Å². The van der Waals surface area contributed by atoms with Crippen molar-refractivity contribution in [2.24, 2.45) is 0 Å². The van der Waals surface area contributed by atoms with Crippen LogP contribution in [-0.4, -0.2) is 18.2 Å². The summed E-state index contributed by atoms with van der Waals surface area (Å²) in [7, 11) is 0. The molecule has 1 heterocycles. The number of ether oxygens (including phenoxy) is 1. The van der Waals surface area contributed by atoms with E-state index in [0.717, 1.165) is 18.0 Å². The highest BCUT2D eigenvalue weighted by Crippen LogP contribution is 2.44. The Morgan fingerprint density at radius 3 is 2.76 bits per heavy atom. The van der Waals surface area contributed by atoms with E-state index in [1.165, 1.54) is 24.9 Å². The number of rotatable bonds is 2. The lowest BCUT2D eigenvalue weighted by molar-refractivity contribution is 0.242. The summed E-state index contributed by atoms with van der Waals surface area (Å²) in [6.45, 7) is 5.13. The van der Waals surface area contributed by atoms with Gasteiger partial charge in [0.05, 0.1) is 17.3 Å². The van der Waals surface area contributed by atoms with E-state index < -0.39 is 0 Å². The van der Waals surface area contributed by atoms with E-state index in [-0.39, 0.29) is 6.10 Å². The molecule has 92 valence electrons. The highest BCUT2D eigenvalue weighted by Gasteiger charge is 2.40. The van der Waals surface area contributed by atoms with Crippen LogP contribution in [-0.2, 0) is 0 Å². The second-order valence-electron chi connectivity index (χ2n) is 5.46. The molecule has 0 aromatic heterocycles. The SMILES string of the molecule is CC(C)Oc1cccc2c1NCC1(CCC1)N2. The van der Waals surface area contributed by atoms with E-state index >= 15 is 0 Å². The number of hydrogen-bond donors (Lipinski definition) is 2. The first-order valence-electron chi connectivity index (χ1n) is 6.50. The topological polar surface area (TPSA) is 33.3 Å². The van der Waals surface area contributed by atoms with Gasteiger partial charge in [0.1, 0.15) is 11.4 Å². The molecule has 3 rings (SSSR count). The third-order valence-electron chi connectivity index (χ3n) is 3.70. The molecule has 1 aromatic rings. The number of hydrogen-bond acceptors (Lipinski definition) is 3. The highest BCUT2D eigenvalue weighted by molar-refractivity contribution is 5.78. The average molecular weight is 232 g/mol. The fourth-order valence-electron chi connectivity index (χ4n) is 2.66.